The van der Waals surface area contributed by atoms with Crippen LogP contribution in [0.2, 0.25) is 0 Å². The third kappa shape index (κ3) is 1.34. The van der Waals surface area contributed by atoms with E-state index in [-0.39, 0.29) is 7.43 Å². The normalized spacial score (nSPS) is 7.57. The first-order valence-electron chi connectivity index (χ1n) is 1.71. The van der Waals surface area contributed by atoms with Crippen molar-refractivity contribution in [1.82, 2.24) is 15.2 Å². The molecule has 0 amide bonds. The highest BCUT2D eigenvalue weighted by molar-refractivity contribution is 4.70. The van der Waals surface area contributed by atoms with Crippen LogP contribution in [0.1, 0.15) is 13.3 Å². The predicted octanol–water partition coefficient (Wildman–Crippen LogP) is 0.749. The third-order valence-electron chi connectivity index (χ3n) is 0.535. The lowest BCUT2D eigenvalue weighted by atomic mass is 10.8. The highest BCUT2D eigenvalue weighted by Crippen LogP contribution is 1.73. The maximum absolute atomic E-state index is 3.75. The molecule has 0 aliphatic carbocycles. The number of aromatic nitrogens is 3. The molecular formula is C4H9N3. The molecule has 1 N–H and O–H groups in total. The molecule has 40 valence electrons. The van der Waals surface area contributed by atoms with E-state index in [0.717, 1.165) is 5.82 Å². The van der Waals surface area contributed by atoms with E-state index >= 15 is 0 Å². The molecule has 3 nitrogen and oxygen atoms in total. The lowest BCUT2D eigenvalue weighted by molar-refractivity contribution is 1.04. The fourth-order valence-electron chi connectivity index (χ4n) is 0.267. The van der Waals surface area contributed by atoms with Crippen LogP contribution >= 0.6 is 0 Å². The van der Waals surface area contributed by atoms with Crippen molar-refractivity contribution in [3.05, 3.63) is 12.2 Å². The van der Waals surface area contributed by atoms with E-state index in [4.69, 9.17) is 0 Å². The van der Waals surface area contributed by atoms with Gasteiger partial charge in [0.2, 0.25) is 0 Å². The SMILES string of the molecule is C.Cc1ncn[nH]1. The van der Waals surface area contributed by atoms with Gasteiger partial charge >= 0.3 is 0 Å². The summed E-state index contributed by atoms with van der Waals surface area (Å²) in [5.74, 6) is 0.856. The molecule has 0 saturated heterocycles. The van der Waals surface area contributed by atoms with Crippen LogP contribution in [-0.2, 0) is 0 Å². The van der Waals surface area contributed by atoms with E-state index in [0.29, 0.717) is 0 Å². The van der Waals surface area contributed by atoms with Crippen LogP contribution in [0.5, 0.6) is 0 Å². The second-order valence-corrected chi connectivity index (χ2v) is 1.07. The van der Waals surface area contributed by atoms with Gasteiger partial charge in [-0.1, -0.05) is 7.43 Å². The van der Waals surface area contributed by atoms with Crippen molar-refractivity contribution >= 4 is 0 Å². The van der Waals surface area contributed by atoms with Gasteiger partial charge in [0.25, 0.3) is 0 Å². The minimum absolute atomic E-state index is 0. The van der Waals surface area contributed by atoms with Gasteiger partial charge < -0.3 is 0 Å². The van der Waals surface area contributed by atoms with E-state index in [1.807, 2.05) is 6.92 Å². The highest BCUT2D eigenvalue weighted by atomic mass is 15.2. The molecular weight excluding hydrogens is 90.1 g/mol. The highest BCUT2D eigenvalue weighted by Gasteiger charge is 1.75. The van der Waals surface area contributed by atoms with Gasteiger partial charge in [-0.25, -0.2) is 4.98 Å². The zero-order valence-corrected chi connectivity index (χ0v) is 3.47. The average molecular weight is 99.1 g/mol. The molecule has 0 fully saturated rings. The molecule has 0 saturated carbocycles. The van der Waals surface area contributed by atoms with Crippen molar-refractivity contribution in [3.8, 4) is 0 Å². The van der Waals surface area contributed by atoms with E-state index in [1.165, 1.54) is 6.33 Å². The summed E-state index contributed by atoms with van der Waals surface area (Å²) in [6, 6.07) is 0. The van der Waals surface area contributed by atoms with Crippen molar-refractivity contribution < 1.29 is 0 Å². The molecule has 7 heavy (non-hydrogen) atoms. The summed E-state index contributed by atoms with van der Waals surface area (Å²) < 4.78 is 0. The van der Waals surface area contributed by atoms with Crippen LogP contribution in [0.25, 0.3) is 0 Å². The Balaban J connectivity index is 0.000000360. The third-order valence-corrected chi connectivity index (χ3v) is 0.535. The number of aromatic amines is 1. The smallest absolute Gasteiger partial charge is 0.137 e. The monoisotopic (exact) mass is 99.1 g/mol. The minimum Gasteiger partial charge on any atom is -0.264 e. The summed E-state index contributed by atoms with van der Waals surface area (Å²) in [4.78, 5) is 3.75. The minimum atomic E-state index is 0. The Labute approximate surface area is 42.8 Å². The number of H-pyrrole nitrogens is 1. The Morgan fingerprint density at radius 3 is 2.57 bits per heavy atom. The van der Waals surface area contributed by atoms with E-state index < -0.39 is 0 Å². The summed E-state index contributed by atoms with van der Waals surface area (Å²) in [5.41, 5.74) is 0. The Morgan fingerprint density at radius 1 is 1.71 bits per heavy atom. The molecule has 0 atom stereocenters. The summed E-state index contributed by atoms with van der Waals surface area (Å²) in [7, 11) is 0. The fourth-order valence-corrected chi connectivity index (χ4v) is 0.267. The van der Waals surface area contributed by atoms with Gasteiger partial charge in [-0.05, 0) is 6.92 Å². The van der Waals surface area contributed by atoms with Crippen LogP contribution in [-0.4, -0.2) is 15.2 Å². The Kier molecular flexibility index (Phi) is 2.05. The second kappa shape index (κ2) is 2.34. The molecule has 1 aromatic rings. The lowest BCUT2D eigenvalue weighted by Gasteiger charge is -1.66. The van der Waals surface area contributed by atoms with Crippen molar-refractivity contribution in [2.75, 3.05) is 0 Å². The van der Waals surface area contributed by atoms with Gasteiger partial charge in [0, 0.05) is 0 Å². The number of nitrogens with one attached hydrogen (secondary N) is 1. The zero-order valence-electron chi connectivity index (χ0n) is 3.47. The van der Waals surface area contributed by atoms with Gasteiger partial charge in [-0.3, -0.25) is 5.10 Å². The van der Waals surface area contributed by atoms with E-state index in [1.54, 1.807) is 0 Å². The molecule has 0 unspecified atom stereocenters. The van der Waals surface area contributed by atoms with Crippen LogP contribution in [0.3, 0.4) is 0 Å². The van der Waals surface area contributed by atoms with E-state index in [2.05, 4.69) is 15.2 Å². The molecule has 3 heteroatoms. The lowest BCUT2D eigenvalue weighted by Crippen LogP contribution is -1.68. The average Bonchev–Trinajstić information content (AvgIpc) is 1.86. The summed E-state index contributed by atoms with van der Waals surface area (Å²) in [6.07, 6.45) is 1.48. The summed E-state index contributed by atoms with van der Waals surface area (Å²) in [5, 5.41) is 6.22. The first-order chi connectivity index (χ1) is 2.89. The molecule has 0 aliphatic rings. The molecule has 1 heterocycles. The topological polar surface area (TPSA) is 41.6 Å². The molecule has 1 rings (SSSR count). The Bertz CT molecular complexity index is 110. The fraction of sp³-hybridized carbons (Fsp3) is 0.500. The van der Waals surface area contributed by atoms with Gasteiger partial charge in [0.15, 0.2) is 0 Å². The van der Waals surface area contributed by atoms with Crippen LogP contribution in [0.15, 0.2) is 6.33 Å². The molecule has 0 spiro atoms. The predicted molar refractivity (Wildman–Crippen MR) is 27.9 cm³/mol. The van der Waals surface area contributed by atoms with Gasteiger partial charge in [0.05, 0.1) is 0 Å². The molecule has 0 bridgehead atoms. The van der Waals surface area contributed by atoms with Gasteiger partial charge in [-0.2, -0.15) is 5.10 Å². The van der Waals surface area contributed by atoms with Crippen molar-refractivity contribution in [3.63, 3.8) is 0 Å². The first kappa shape index (κ1) is 6.14. The Morgan fingerprint density at radius 2 is 2.43 bits per heavy atom. The number of hydrogen-bond donors (Lipinski definition) is 1. The van der Waals surface area contributed by atoms with Crippen molar-refractivity contribution in [1.29, 1.82) is 0 Å². The number of nitrogens with zero attached hydrogens (tertiary/aromatic N) is 2. The maximum Gasteiger partial charge on any atom is 0.137 e. The quantitative estimate of drug-likeness (QED) is 0.521. The summed E-state index contributed by atoms with van der Waals surface area (Å²) in [6.45, 7) is 1.85. The van der Waals surface area contributed by atoms with Crippen LogP contribution in [0.4, 0.5) is 0 Å². The largest absolute Gasteiger partial charge is 0.264 e. The Hall–Kier alpha value is -0.860. The zero-order chi connectivity index (χ0) is 4.41. The summed E-state index contributed by atoms with van der Waals surface area (Å²) >= 11 is 0. The van der Waals surface area contributed by atoms with Crippen LogP contribution < -0.4 is 0 Å². The van der Waals surface area contributed by atoms with Crippen LogP contribution in [0, 0.1) is 6.92 Å². The van der Waals surface area contributed by atoms with Gasteiger partial charge in [0.1, 0.15) is 12.2 Å². The van der Waals surface area contributed by atoms with Gasteiger partial charge in [-0.15, -0.1) is 0 Å². The molecule has 1 aromatic heterocycles. The molecule has 0 radical (unpaired) electrons. The first-order valence-corrected chi connectivity index (χ1v) is 1.71. The number of hydrogen-bond acceptors (Lipinski definition) is 2. The molecule has 0 aromatic carbocycles. The maximum atomic E-state index is 3.75. The van der Waals surface area contributed by atoms with Crippen molar-refractivity contribution in [2.45, 2.75) is 14.4 Å². The second-order valence-electron chi connectivity index (χ2n) is 1.07. The standard InChI is InChI=1S/C3H5N3.CH4/c1-3-4-2-5-6-3;/h2H,1H3,(H,4,5,6);1H4. The number of rotatable bonds is 0. The van der Waals surface area contributed by atoms with E-state index in [9.17, 15) is 0 Å². The molecule has 0 aliphatic heterocycles. The number of aryl methyl sites for hydroxylation is 1. The van der Waals surface area contributed by atoms with Crippen molar-refractivity contribution in [2.24, 2.45) is 0 Å².